The molecule has 0 unspecified atom stereocenters. The summed E-state index contributed by atoms with van der Waals surface area (Å²) < 4.78 is 0. The first-order valence-corrected chi connectivity index (χ1v) is 8.07. The highest BCUT2D eigenvalue weighted by molar-refractivity contribution is 5.54. The Morgan fingerprint density at radius 2 is 1.86 bits per heavy atom. The van der Waals surface area contributed by atoms with Crippen molar-refractivity contribution in [3.05, 3.63) is 29.8 Å². The highest BCUT2D eigenvalue weighted by Crippen LogP contribution is 2.21. The quantitative estimate of drug-likeness (QED) is 0.799. The molecule has 2 rings (SSSR count). The van der Waals surface area contributed by atoms with E-state index in [1.807, 2.05) is 0 Å². The van der Waals surface area contributed by atoms with Crippen LogP contribution in [0.25, 0.3) is 0 Å². The molecule has 1 aliphatic rings. The minimum absolute atomic E-state index is 0.260. The fourth-order valence-electron chi connectivity index (χ4n) is 2.82. The lowest BCUT2D eigenvalue weighted by molar-refractivity contribution is 0.188. The van der Waals surface area contributed by atoms with Crippen molar-refractivity contribution < 1.29 is 5.11 Å². The Balaban J connectivity index is 1.93. The van der Waals surface area contributed by atoms with Gasteiger partial charge in [0.25, 0.3) is 0 Å². The molecule has 21 heavy (non-hydrogen) atoms. The van der Waals surface area contributed by atoms with E-state index in [4.69, 9.17) is 5.11 Å². The Bertz CT molecular complexity index is 414. The standard InChI is InChI=1S/C17H29N3O/c1-15(2)13-18-14-16-5-3-4-6-17(16)20-9-7-19(8-10-20)11-12-21/h3-6,15,18,21H,7-14H2,1-2H3. The molecule has 0 bridgehead atoms. The van der Waals surface area contributed by atoms with Gasteiger partial charge in [0.15, 0.2) is 0 Å². The molecule has 118 valence electrons. The van der Waals surface area contributed by atoms with Crippen molar-refractivity contribution in [1.29, 1.82) is 0 Å². The number of aliphatic hydroxyl groups is 1. The van der Waals surface area contributed by atoms with E-state index in [0.29, 0.717) is 5.92 Å². The summed E-state index contributed by atoms with van der Waals surface area (Å²) in [4.78, 5) is 4.80. The number of piperazine rings is 1. The molecule has 0 spiro atoms. The SMILES string of the molecule is CC(C)CNCc1ccccc1N1CCN(CCO)CC1. The van der Waals surface area contributed by atoms with Crippen LogP contribution in [-0.4, -0.2) is 55.9 Å². The van der Waals surface area contributed by atoms with E-state index in [1.165, 1.54) is 11.3 Å². The molecule has 0 saturated carbocycles. The second-order valence-electron chi connectivity index (χ2n) is 6.21. The topological polar surface area (TPSA) is 38.7 Å². The normalized spacial score (nSPS) is 16.7. The van der Waals surface area contributed by atoms with Crippen molar-refractivity contribution in [3.63, 3.8) is 0 Å². The summed E-state index contributed by atoms with van der Waals surface area (Å²) in [6, 6.07) is 8.70. The molecule has 1 heterocycles. The molecular formula is C17H29N3O. The second kappa shape index (κ2) is 8.37. The van der Waals surface area contributed by atoms with E-state index in [0.717, 1.165) is 45.8 Å². The van der Waals surface area contributed by atoms with Crippen molar-refractivity contribution >= 4 is 5.69 Å². The molecule has 1 aromatic carbocycles. The molecular weight excluding hydrogens is 262 g/mol. The van der Waals surface area contributed by atoms with E-state index in [1.54, 1.807) is 0 Å². The number of aliphatic hydroxyl groups excluding tert-OH is 1. The van der Waals surface area contributed by atoms with Crippen LogP contribution < -0.4 is 10.2 Å². The molecule has 0 aromatic heterocycles. The van der Waals surface area contributed by atoms with Crippen LogP contribution in [0.2, 0.25) is 0 Å². The Morgan fingerprint density at radius 1 is 1.14 bits per heavy atom. The van der Waals surface area contributed by atoms with Crippen LogP contribution in [0.3, 0.4) is 0 Å². The lowest BCUT2D eigenvalue weighted by atomic mass is 10.1. The van der Waals surface area contributed by atoms with Crippen molar-refractivity contribution in [3.8, 4) is 0 Å². The Hall–Kier alpha value is -1.10. The third kappa shape index (κ3) is 4.99. The molecule has 1 fully saturated rings. The molecule has 1 saturated heterocycles. The van der Waals surface area contributed by atoms with Gasteiger partial charge in [0.05, 0.1) is 6.61 Å². The van der Waals surface area contributed by atoms with Gasteiger partial charge < -0.3 is 15.3 Å². The van der Waals surface area contributed by atoms with Gasteiger partial charge >= 0.3 is 0 Å². The molecule has 1 aliphatic heterocycles. The minimum atomic E-state index is 0.260. The zero-order valence-electron chi connectivity index (χ0n) is 13.4. The molecule has 1 aromatic rings. The molecule has 2 N–H and O–H groups in total. The van der Waals surface area contributed by atoms with Crippen molar-refractivity contribution in [2.45, 2.75) is 20.4 Å². The summed E-state index contributed by atoms with van der Waals surface area (Å²) in [6.07, 6.45) is 0. The van der Waals surface area contributed by atoms with Gasteiger partial charge in [0.1, 0.15) is 0 Å². The van der Waals surface area contributed by atoms with Gasteiger partial charge in [0, 0.05) is 45.0 Å². The summed E-state index contributed by atoms with van der Waals surface area (Å²) in [6.45, 7) is 11.7. The van der Waals surface area contributed by atoms with Gasteiger partial charge in [-0.1, -0.05) is 32.0 Å². The summed E-state index contributed by atoms with van der Waals surface area (Å²) in [5, 5.41) is 12.6. The zero-order valence-corrected chi connectivity index (χ0v) is 13.4. The van der Waals surface area contributed by atoms with E-state index >= 15 is 0 Å². The Morgan fingerprint density at radius 3 is 2.52 bits per heavy atom. The fourth-order valence-corrected chi connectivity index (χ4v) is 2.82. The fraction of sp³-hybridized carbons (Fsp3) is 0.647. The number of benzene rings is 1. The predicted octanol–water partition coefficient (Wildman–Crippen LogP) is 1.55. The van der Waals surface area contributed by atoms with Gasteiger partial charge in [-0.05, 0) is 24.1 Å². The van der Waals surface area contributed by atoms with Crippen LogP contribution in [0.1, 0.15) is 19.4 Å². The summed E-state index contributed by atoms with van der Waals surface area (Å²) >= 11 is 0. The van der Waals surface area contributed by atoms with Crippen LogP contribution in [0.5, 0.6) is 0 Å². The van der Waals surface area contributed by atoms with Crippen LogP contribution in [0.4, 0.5) is 5.69 Å². The molecule has 0 atom stereocenters. The highest BCUT2D eigenvalue weighted by Gasteiger charge is 2.18. The lowest BCUT2D eigenvalue weighted by Crippen LogP contribution is -2.47. The third-order valence-electron chi connectivity index (χ3n) is 3.99. The third-order valence-corrected chi connectivity index (χ3v) is 3.99. The van der Waals surface area contributed by atoms with Gasteiger partial charge in [-0.15, -0.1) is 0 Å². The highest BCUT2D eigenvalue weighted by atomic mass is 16.3. The minimum Gasteiger partial charge on any atom is -0.395 e. The van der Waals surface area contributed by atoms with Crippen LogP contribution in [-0.2, 0) is 6.54 Å². The molecule has 0 amide bonds. The number of para-hydroxylation sites is 1. The van der Waals surface area contributed by atoms with Crippen LogP contribution in [0.15, 0.2) is 24.3 Å². The summed E-state index contributed by atoms with van der Waals surface area (Å²) in [5.41, 5.74) is 2.74. The molecule has 4 heteroatoms. The van der Waals surface area contributed by atoms with Crippen molar-refractivity contribution in [2.75, 3.05) is 50.8 Å². The van der Waals surface area contributed by atoms with Crippen molar-refractivity contribution in [1.82, 2.24) is 10.2 Å². The molecule has 0 aliphatic carbocycles. The number of hydrogen-bond donors (Lipinski definition) is 2. The maximum absolute atomic E-state index is 9.02. The van der Waals surface area contributed by atoms with E-state index in [2.05, 4.69) is 53.2 Å². The van der Waals surface area contributed by atoms with Crippen LogP contribution in [0, 0.1) is 5.92 Å². The summed E-state index contributed by atoms with van der Waals surface area (Å²) in [5.74, 6) is 0.680. The first kappa shape index (κ1) is 16.3. The average molecular weight is 291 g/mol. The maximum Gasteiger partial charge on any atom is 0.0558 e. The maximum atomic E-state index is 9.02. The number of rotatable bonds is 7. The largest absolute Gasteiger partial charge is 0.395 e. The number of hydrogen-bond acceptors (Lipinski definition) is 4. The number of nitrogens with zero attached hydrogens (tertiary/aromatic N) is 2. The van der Waals surface area contributed by atoms with Gasteiger partial charge in [-0.25, -0.2) is 0 Å². The Kier molecular flexibility index (Phi) is 6.49. The summed E-state index contributed by atoms with van der Waals surface area (Å²) in [7, 11) is 0. The van der Waals surface area contributed by atoms with Gasteiger partial charge in [-0.3, -0.25) is 4.90 Å². The number of anilines is 1. The first-order valence-electron chi connectivity index (χ1n) is 8.07. The Labute approximate surface area is 128 Å². The number of β-amino-alcohol motifs (C(OH)–C–C–N with tert-alkyl or cyclic N) is 1. The second-order valence-corrected chi connectivity index (χ2v) is 6.21. The lowest BCUT2D eigenvalue weighted by Gasteiger charge is -2.36. The molecule has 4 nitrogen and oxygen atoms in total. The van der Waals surface area contributed by atoms with Gasteiger partial charge in [-0.2, -0.15) is 0 Å². The van der Waals surface area contributed by atoms with E-state index in [9.17, 15) is 0 Å². The van der Waals surface area contributed by atoms with Crippen molar-refractivity contribution in [2.24, 2.45) is 5.92 Å². The monoisotopic (exact) mass is 291 g/mol. The first-order chi connectivity index (χ1) is 10.2. The number of nitrogens with one attached hydrogen (secondary N) is 1. The zero-order chi connectivity index (χ0) is 15.1. The van der Waals surface area contributed by atoms with E-state index < -0.39 is 0 Å². The predicted molar refractivity (Wildman–Crippen MR) is 88.7 cm³/mol. The van der Waals surface area contributed by atoms with Crippen LogP contribution >= 0.6 is 0 Å². The van der Waals surface area contributed by atoms with E-state index in [-0.39, 0.29) is 6.61 Å². The smallest absolute Gasteiger partial charge is 0.0558 e. The van der Waals surface area contributed by atoms with Gasteiger partial charge in [0.2, 0.25) is 0 Å². The average Bonchev–Trinajstić information content (AvgIpc) is 2.49. The molecule has 0 radical (unpaired) electrons.